The average molecular weight is 239 g/mol. The molecule has 1 saturated heterocycles. The third kappa shape index (κ3) is 3.19. The number of aromatic nitrogens is 1. The Morgan fingerprint density at radius 3 is 2.94 bits per heavy atom. The summed E-state index contributed by atoms with van der Waals surface area (Å²) >= 11 is 1.75. The summed E-state index contributed by atoms with van der Waals surface area (Å²) in [5.41, 5.74) is 0. The number of anilines is 1. The van der Waals surface area contributed by atoms with Crippen LogP contribution >= 0.6 is 11.3 Å². The van der Waals surface area contributed by atoms with Gasteiger partial charge in [0.1, 0.15) is 0 Å². The molecule has 1 aromatic rings. The van der Waals surface area contributed by atoms with Gasteiger partial charge in [0.15, 0.2) is 5.13 Å². The van der Waals surface area contributed by atoms with Crippen molar-refractivity contribution in [3.63, 3.8) is 0 Å². The Labute approximate surface area is 102 Å². The van der Waals surface area contributed by atoms with Gasteiger partial charge in [-0.25, -0.2) is 4.98 Å². The standard InChI is InChI=1S/C12H21N3S/c1-2-3-6-13-11-4-8-15(9-5-11)12-14-7-10-16-12/h7,10-11,13H,2-6,8-9H2,1H3. The van der Waals surface area contributed by atoms with Crippen molar-refractivity contribution in [2.75, 3.05) is 24.5 Å². The molecule has 3 nitrogen and oxygen atoms in total. The molecule has 1 aromatic heterocycles. The van der Waals surface area contributed by atoms with E-state index in [1.54, 1.807) is 11.3 Å². The number of rotatable bonds is 5. The molecule has 2 heterocycles. The van der Waals surface area contributed by atoms with Gasteiger partial charge in [-0.05, 0) is 25.8 Å². The highest BCUT2D eigenvalue weighted by molar-refractivity contribution is 7.13. The molecule has 0 unspecified atom stereocenters. The van der Waals surface area contributed by atoms with Crippen molar-refractivity contribution >= 4 is 16.5 Å². The van der Waals surface area contributed by atoms with Crippen molar-refractivity contribution in [2.45, 2.75) is 38.6 Å². The van der Waals surface area contributed by atoms with Gasteiger partial charge >= 0.3 is 0 Å². The molecule has 1 N–H and O–H groups in total. The highest BCUT2D eigenvalue weighted by atomic mass is 32.1. The molecule has 0 amide bonds. The molecule has 0 atom stereocenters. The minimum Gasteiger partial charge on any atom is -0.348 e. The summed E-state index contributed by atoms with van der Waals surface area (Å²) in [6.45, 7) is 5.72. The van der Waals surface area contributed by atoms with Gasteiger partial charge in [-0.15, -0.1) is 11.3 Å². The minimum atomic E-state index is 0.725. The second-order valence-electron chi connectivity index (χ2n) is 4.38. The van der Waals surface area contributed by atoms with Gasteiger partial charge < -0.3 is 10.2 Å². The second-order valence-corrected chi connectivity index (χ2v) is 5.26. The van der Waals surface area contributed by atoms with Crippen molar-refractivity contribution in [1.29, 1.82) is 0 Å². The van der Waals surface area contributed by atoms with Gasteiger partial charge in [0.05, 0.1) is 0 Å². The summed E-state index contributed by atoms with van der Waals surface area (Å²) < 4.78 is 0. The van der Waals surface area contributed by atoms with E-state index in [-0.39, 0.29) is 0 Å². The number of nitrogens with one attached hydrogen (secondary N) is 1. The molecule has 1 aliphatic rings. The number of nitrogens with zero attached hydrogens (tertiary/aromatic N) is 2. The highest BCUT2D eigenvalue weighted by Crippen LogP contribution is 2.21. The van der Waals surface area contributed by atoms with Gasteiger partial charge in [0, 0.05) is 30.7 Å². The van der Waals surface area contributed by atoms with Crippen molar-refractivity contribution in [1.82, 2.24) is 10.3 Å². The van der Waals surface area contributed by atoms with Gasteiger partial charge in [-0.3, -0.25) is 0 Å². The first-order chi connectivity index (χ1) is 7.90. The van der Waals surface area contributed by atoms with Crippen LogP contribution < -0.4 is 10.2 Å². The minimum absolute atomic E-state index is 0.725. The molecule has 0 aliphatic carbocycles. The van der Waals surface area contributed by atoms with Crippen LogP contribution in [-0.4, -0.2) is 30.7 Å². The van der Waals surface area contributed by atoms with E-state index >= 15 is 0 Å². The van der Waals surface area contributed by atoms with Crippen LogP contribution in [0.15, 0.2) is 11.6 Å². The molecule has 1 fully saturated rings. The van der Waals surface area contributed by atoms with Crippen LogP contribution in [0.1, 0.15) is 32.6 Å². The monoisotopic (exact) mass is 239 g/mol. The third-order valence-corrected chi connectivity index (χ3v) is 3.98. The Balaban J connectivity index is 1.70. The molecular weight excluding hydrogens is 218 g/mol. The normalized spacial score (nSPS) is 17.9. The Kier molecular flexibility index (Phi) is 4.60. The lowest BCUT2D eigenvalue weighted by Crippen LogP contribution is -2.42. The van der Waals surface area contributed by atoms with E-state index in [2.05, 4.69) is 27.5 Å². The summed E-state index contributed by atoms with van der Waals surface area (Å²) in [6, 6.07) is 0.725. The van der Waals surface area contributed by atoms with E-state index in [1.807, 2.05) is 6.20 Å². The summed E-state index contributed by atoms with van der Waals surface area (Å²) in [6.07, 6.45) is 6.98. The van der Waals surface area contributed by atoms with E-state index in [1.165, 1.54) is 37.4 Å². The molecule has 2 rings (SSSR count). The largest absolute Gasteiger partial charge is 0.348 e. The molecule has 0 saturated carbocycles. The molecule has 0 spiro atoms. The maximum atomic E-state index is 4.36. The lowest BCUT2D eigenvalue weighted by atomic mass is 10.1. The van der Waals surface area contributed by atoms with Crippen LogP contribution in [0, 0.1) is 0 Å². The first-order valence-corrected chi connectivity index (χ1v) is 7.16. The van der Waals surface area contributed by atoms with Crippen LogP contribution in [0.3, 0.4) is 0 Å². The molecule has 0 aromatic carbocycles. The Morgan fingerprint density at radius 1 is 1.50 bits per heavy atom. The Bertz CT molecular complexity index is 278. The Morgan fingerprint density at radius 2 is 2.31 bits per heavy atom. The van der Waals surface area contributed by atoms with Gasteiger partial charge in [0.2, 0.25) is 0 Å². The van der Waals surface area contributed by atoms with Crippen LogP contribution in [-0.2, 0) is 0 Å². The average Bonchev–Trinajstić information content (AvgIpc) is 2.84. The fourth-order valence-electron chi connectivity index (χ4n) is 2.13. The summed E-state index contributed by atoms with van der Waals surface area (Å²) in [5, 5.41) is 6.89. The lowest BCUT2D eigenvalue weighted by molar-refractivity contribution is 0.412. The number of hydrogen-bond acceptors (Lipinski definition) is 4. The van der Waals surface area contributed by atoms with E-state index in [0.29, 0.717) is 0 Å². The highest BCUT2D eigenvalue weighted by Gasteiger charge is 2.19. The fourth-order valence-corrected chi connectivity index (χ4v) is 2.83. The zero-order valence-corrected chi connectivity index (χ0v) is 10.8. The zero-order chi connectivity index (χ0) is 11.2. The zero-order valence-electron chi connectivity index (χ0n) is 9.98. The van der Waals surface area contributed by atoms with Crippen molar-refractivity contribution < 1.29 is 0 Å². The quantitative estimate of drug-likeness (QED) is 0.800. The van der Waals surface area contributed by atoms with Crippen LogP contribution in [0.25, 0.3) is 0 Å². The lowest BCUT2D eigenvalue weighted by Gasteiger charge is -2.32. The van der Waals surface area contributed by atoms with E-state index < -0.39 is 0 Å². The molecule has 0 radical (unpaired) electrons. The molecule has 0 bridgehead atoms. The van der Waals surface area contributed by atoms with E-state index in [0.717, 1.165) is 19.1 Å². The molecule has 4 heteroatoms. The number of unbranched alkanes of at least 4 members (excludes halogenated alkanes) is 1. The molecule has 90 valence electrons. The van der Waals surface area contributed by atoms with E-state index in [4.69, 9.17) is 0 Å². The Hall–Kier alpha value is -0.610. The number of piperidine rings is 1. The maximum Gasteiger partial charge on any atom is 0.185 e. The van der Waals surface area contributed by atoms with Gasteiger partial charge in [0.25, 0.3) is 0 Å². The first kappa shape index (κ1) is 11.9. The van der Waals surface area contributed by atoms with Crippen molar-refractivity contribution in [2.24, 2.45) is 0 Å². The molecule has 1 aliphatic heterocycles. The van der Waals surface area contributed by atoms with Crippen LogP contribution in [0.5, 0.6) is 0 Å². The SMILES string of the molecule is CCCCNC1CCN(c2nccs2)CC1. The van der Waals surface area contributed by atoms with Crippen LogP contribution in [0.4, 0.5) is 5.13 Å². The maximum absolute atomic E-state index is 4.36. The smallest absolute Gasteiger partial charge is 0.185 e. The summed E-state index contributed by atoms with van der Waals surface area (Å²) in [5.74, 6) is 0. The van der Waals surface area contributed by atoms with Gasteiger partial charge in [-0.1, -0.05) is 13.3 Å². The topological polar surface area (TPSA) is 28.2 Å². The predicted molar refractivity (Wildman–Crippen MR) is 70.3 cm³/mol. The number of thiazole rings is 1. The molecular formula is C12H21N3S. The van der Waals surface area contributed by atoms with Gasteiger partial charge in [-0.2, -0.15) is 0 Å². The summed E-state index contributed by atoms with van der Waals surface area (Å²) in [7, 11) is 0. The third-order valence-electron chi connectivity index (χ3n) is 3.15. The van der Waals surface area contributed by atoms with Crippen LogP contribution in [0.2, 0.25) is 0 Å². The second kappa shape index (κ2) is 6.21. The summed E-state index contributed by atoms with van der Waals surface area (Å²) in [4.78, 5) is 6.77. The van der Waals surface area contributed by atoms with Crippen molar-refractivity contribution in [3.05, 3.63) is 11.6 Å². The van der Waals surface area contributed by atoms with Crippen molar-refractivity contribution in [3.8, 4) is 0 Å². The first-order valence-electron chi connectivity index (χ1n) is 6.28. The number of hydrogen-bond donors (Lipinski definition) is 1. The van der Waals surface area contributed by atoms with E-state index in [9.17, 15) is 0 Å². The fraction of sp³-hybridized carbons (Fsp3) is 0.750. The predicted octanol–water partition coefficient (Wildman–Crippen LogP) is 2.50. The molecule has 16 heavy (non-hydrogen) atoms.